The van der Waals surface area contributed by atoms with Gasteiger partial charge in [-0.3, -0.25) is 20.2 Å². The summed E-state index contributed by atoms with van der Waals surface area (Å²) in [5.74, 6) is -0.268. The summed E-state index contributed by atoms with van der Waals surface area (Å²) >= 11 is 0. The minimum atomic E-state index is -0.601. The molecule has 7 nitrogen and oxygen atoms in total. The maximum atomic E-state index is 11.5. The number of nitro benzene ring substituents is 2. The molecule has 7 heteroatoms. The lowest BCUT2D eigenvalue weighted by molar-refractivity contribution is -0.396. The van der Waals surface area contributed by atoms with Crippen LogP contribution in [0.3, 0.4) is 0 Å². The van der Waals surface area contributed by atoms with Gasteiger partial charge in [-0.05, 0) is 11.3 Å². The summed E-state index contributed by atoms with van der Waals surface area (Å²) in [4.78, 5) is 21.6. The third-order valence-corrected chi connectivity index (χ3v) is 3.24. The number of nitrogens with zero attached hydrogens (tertiary/aromatic N) is 2. The van der Waals surface area contributed by atoms with Gasteiger partial charge >= 0.3 is 5.69 Å². The van der Waals surface area contributed by atoms with Crippen molar-refractivity contribution >= 4 is 11.4 Å². The molecule has 0 spiro atoms. The van der Waals surface area contributed by atoms with Crippen molar-refractivity contribution in [2.75, 3.05) is 7.11 Å². The third-order valence-electron chi connectivity index (χ3n) is 3.24. The van der Waals surface area contributed by atoms with Crippen molar-refractivity contribution < 1.29 is 14.6 Å². The SMILES string of the molecule is COc1c(C(C)(C)C)cc([N+](=O)[O-])c(C(C)C)c1[N+](=O)[O-]. The molecule has 0 N–H and O–H groups in total. The van der Waals surface area contributed by atoms with E-state index in [-0.39, 0.29) is 28.6 Å². The molecule has 0 aliphatic rings. The molecule has 116 valence electrons. The fraction of sp³-hybridized carbons (Fsp3) is 0.571. The molecule has 1 aromatic rings. The Hall–Kier alpha value is -2.18. The van der Waals surface area contributed by atoms with E-state index in [2.05, 4.69) is 0 Å². The highest BCUT2D eigenvalue weighted by Gasteiger charge is 2.37. The molecule has 0 saturated carbocycles. The highest BCUT2D eigenvalue weighted by molar-refractivity contribution is 5.67. The molecular weight excluding hydrogens is 276 g/mol. The average molecular weight is 296 g/mol. The molecule has 0 aliphatic carbocycles. The van der Waals surface area contributed by atoms with Crippen LogP contribution in [0.5, 0.6) is 5.75 Å². The topological polar surface area (TPSA) is 95.5 Å². The molecule has 0 radical (unpaired) electrons. The van der Waals surface area contributed by atoms with Gasteiger partial charge in [0.2, 0.25) is 5.75 Å². The number of ether oxygens (including phenoxy) is 1. The average Bonchev–Trinajstić information content (AvgIpc) is 2.34. The van der Waals surface area contributed by atoms with Crippen LogP contribution in [0.2, 0.25) is 0 Å². The van der Waals surface area contributed by atoms with Crippen molar-refractivity contribution in [3.63, 3.8) is 0 Å². The first-order valence-electron chi connectivity index (χ1n) is 6.56. The van der Waals surface area contributed by atoms with Crippen molar-refractivity contribution in [3.8, 4) is 5.75 Å². The molecule has 0 bridgehead atoms. The second-order valence-electron chi connectivity index (χ2n) is 6.16. The number of hydrogen-bond acceptors (Lipinski definition) is 5. The van der Waals surface area contributed by atoms with Gasteiger partial charge in [-0.25, -0.2) is 0 Å². The van der Waals surface area contributed by atoms with E-state index in [0.29, 0.717) is 5.56 Å². The fourth-order valence-corrected chi connectivity index (χ4v) is 2.32. The molecule has 0 aliphatic heterocycles. The van der Waals surface area contributed by atoms with Gasteiger partial charge in [-0.15, -0.1) is 0 Å². The highest BCUT2D eigenvalue weighted by Crippen LogP contribution is 2.47. The number of nitro groups is 2. The lowest BCUT2D eigenvalue weighted by Gasteiger charge is -2.23. The maximum Gasteiger partial charge on any atom is 0.321 e. The molecule has 1 rings (SSSR count). The Morgan fingerprint density at radius 2 is 1.67 bits per heavy atom. The Morgan fingerprint density at radius 1 is 1.14 bits per heavy atom. The Bertz CT molecular complexity index is 588. The summed E-state index contributed by atoms with van der Waals surface area (Å²) < 4.78 is 5.23. The van der Waals surface area contributed by atoms with Crippen LogP contribution in [0.25, 0.3) is 0 Å². The Labute approximate surface area is 123 Å². The van der Waals surface area contributed by atoms with E-state index >= 15 is 0 Å². The van der Waals surface area contributed by atoms with Crippen LogP contribution in [0.1, 0.15) is 51.7 Å². The summed E-state index contributed by atoms with van der Waals surface area (Å²) in [7, 11) is 1.34. The molecular formula is C14H20N2O5. The van der Waals surface area contributed by atoms with Crippen LogP contribution in [0.15, 0.2) is 6.07 Å². The summed E-state index contributed by atoms with van der Waals surface area (Å²) in [6, 6.07) is 1.39. The minimum absolute atomic E-state index is 0.0925. The first-order chi connectivity index (χ1) is 9.52. The summed E-state index contributed by atoms with van der Waals surface area (Å²) in [6.45, 7) is 8.85. The van der Waals surface area contributed by atoms with Crippen LogP contribution in [0, 0.1) is 20.2 Å². The van der Waals surface area contributed by atoms with Gasteiger partial charge in [0, 0.05) is 11.6 Å². The number of benzene rings is 1. The molecule has 0 atom stereocenters. The third kappa shape index (κ3) is 3.12. The highest BCUT2D eigenvalue weighted by atomic mass is 16.6. The Balaban J connectivity index is 3.99. The smallest absolute Gasteiger partial charge is 0.321 e. The zero-order chi connectivity index (χ0) is 16.5. The van der Waals surface area contributed by atoms with E-state index in [1.54, 1.807) is 13.8 Å². The van der Waals surface area contributed by atoms with Gasteiger partial charge in [-0.1, -0.05) is 34.6 Å². The van der Waals surface area contributed by atoms with Crippen molar-refractivity contribution in [1.82, 2.24) is 0 Å². The summed E-state index contributed by atoms with van der Waals surface area (Å²) in [6.07, 6.45) is 0. The molecule has 21 heavy (non-hydrogen) atoms. The molecule has 1 aromatic carbocycles. The van der Waals surface area contributed by atoms with Gasteiger partial charge in [0.25, 0.3) is 5.69 Å². The van der Waals surface area contributed by atoms with Crippen LogP contribution >= 0.6 is 0 Å². The summed E-state index contributed by atoms with van der Waals surface area (Å²) in [5, 5.41) is 22.8. The zero-order valence-electron chi connectivity index (χ0n) is 13.1. The van der Waals surface area contributed by atoms with Gasteiger partial charge in [0.15, 0.2) is 0 Å². The summed E-state index contributed by atoms with van der Waals surface area (Å²) in [5.41, 5.74) is -0.521. The van der Waals surface area contributed by atoms with Gasteiger partial charge in [0.1, 0.15) is 5.56 Å². The second-order valence-corrected chi connectivity index (χ2v) is 6.16. The van der Waals surface area contributed by atoms with Gasteiger partial charge < -0.3 is 4.74 Å². The van der Waals surface area contributed by atoms with E-state index in [1.807, 2.05) is 20.8 Å². The van der Waals surface area contributed by atoms with Crippen molar-refractivity contribution in [2.45, 2.75) is 46.0 Å². The molecule has 0 unspecified atom stereocenters. The number of rotatable bonds is 4. The first-order valence-corrected chi connectivity index (χ1v) is 6.56. The molecule has 0 aromatic heterocycles. The predicted octanol–water partition coefficient (Wildman–Crippen LogP) is 3.93. The van der Waals surface area contributed by atoms with Gasteiger partial charge in [-0.2, -0.15) is 0 Å². The molecule has 0 amide bonds. The normalized spacial score (nSPS) is 11.6. The Morgan fingerprint density at radius 3 is 1.95 bits per heavy atom. The standard InChI is InChI=1S/C14H20N2O5/c1-8(2)11-10(15(17)18)7-9(14(3,4)5)13(21-6)12(11)16(19)20/h7-8H,1-6H3. The molecule has 0 fully saturated rings. The first kappa shape index (κ1) is 16.9. The molecule has 0 saturated heterocycles. The van der Waals surface area contributed by atoms with E-state index in [0.717, 1.165) is 0 Å². The fourth-order valence-electron chi connectivity index (χ4n) is 2.32. The van der Waals surface area contributed by atoms with Crippen LogP contribution < -0.4 is 4.74 Å². The second kappa shape index (κ2) is 5.67. The van der Waals surface area contributed by atoms with Crippen molar-refractivity contribution in [1.29, 1.82) is 0 Å². The van der Waals surface area contributed by atoms with Crippen molar-refractivity contribution in [2.24, 2.45) is 0 Å². The van der Waals surface area contributed by atoms with Crippen molar-refractivity contribution in [3.05, 3.63) is 37.4 Å². The molecule has 0 heterocycles. The number of methoxy groups -OCH3 is 1. The lowest BCUT2D eigenvalue weighted by atomic mass is 9.83. The van der Waals surface area contributed by atoms with Crippen LogP contribution in [-0.4, -0.2) is 17.0 Å². The number of hydrogen-bond donors (Lipinski definition) is 0. The predicted molar refractivity (Wildman–Crippen MR) is 79.1 cm³/mol. The van der Waals surface area contributed by atoms with Crippen LogP contribution in [0.4, 0.5) is 11.4 Å². The van der Waals surface area contributed by atoms with Crippen LogP contribution in [-0.2, 0) is 5.41 Å². The maximum absolute atomic E-state index is 11.5. The van der Waals surface area contributed by atoms with E-state index in [9.17, 15) is 20.2 Å². The Kier molecular flexibility index (Phi) is 4.56. The van der Waals surface area contributed by atoms with Gasteiger partial charge in [0.05, 0.1) is 17.0 Å². The monoisotopic (exact) mass is 296 g/mol. The zero-order valence-corrected chi connectivity index (χ0v) is 13.1. The van der Waals surface area contributed by atoms with E-state index in [4.69, 9.17) is 4.74 Å². The lowest BCUT2D eigenvalue weighted by Crippen LogP contribution is -2.16. The van der Waals surface area contributed by atoms with E-state index < -0.39 is 15.3 Å². The minimum Gasteiger partial charge on any atom is -0.490 e. The quantitative estimate of drug-likeness (QED) is 0.619. The largest absolute Gasteiger partial charge is 0.490 e. The van der Waals surface area contributed by atoms with E-state index in [1.165, 1.54) is 13.2 Å².